The highest BCUT2D eigenvalue weighted by atomic mass is 16.5. The third-order valence-corrected chi connectivity index (χ3v) is 3.62. The molecule has 0 heterocycles. The zero-order chi connectivity index (χ0) is 18.1. The van der Waals surface area contributed by atoms with E-state index in [2.05, 4.69) is 16.6 Å². The van der Waals surface area contributed by atoms with Crippen molar-refractivity contribution in [3.8, 4) is 5.75 Å². The Kier molecular flexibility index (Phi) is 7.04. The van der Waals surface area contributed by atoms with Gasteiger partial charge in [0, 0.05) is 12.2 Å². The van der Waals surface area contributed by atoms with Crippen LogP contribution in [0.2, 0.25) is 0 Å². The third kappa shape index (κ3) is 5.65. The van der Waals surface area contributed by atoms with Crippen molar-refractivity contribution in [2.75, 3.05) is 25.6 Å². The summed E-state index contributed by atoms with van der Waals surface area (Å²) in [6.45, 7) is 4.25. The first-order chi connectivity index (χ1) is 12.1. The highest BCUT2D eigenvalue weighted by Gasteiger charge is 2.08. The van der Waals surface area contributed by atoms with Crippen LogP contribution < -0.4 is 10.1 Å². The van der Waals surface area contributed by atoms with E-state index in [0.29, 0.717) is 12.1 Å². The number of carbonyl (C=O) groups is 1. The predicted molar refractivity (Wildman–Crippen MR) is 98.1 cm³/mol. The lowest BCUT2D eigenvalue weighted by molar-refractivity contribution is 0.0600. The van der Waals surface area contributed by atoms with Gasteiger partial charge in [-0.05, 0) is 42.3 Å². The Bertz CT molecular complexity index is 697. The molecule has 0 saturated carbocycles. The second-order valence-electron chi connectivity index (χ2n) is 5.52. The molecule has 0 saturated heterocycles. The van der Waals surface area contributed by atoms with E-state index in [9.17, 15) is 9.90 Å². The molecular formula is C20H23NO4. The quantitative estimate of drug-likeness (QED) is 0.542. The van der Waals surface area contributed by atoms with Crippen molar-refractivity contribution in [3.05, 3.63) is 72.3 Å². The summed E-state index contributed by atoms with van der Waals surface area (Å²) < 4.78 is 10.4. The predicted octanol–water partition coefficient (Wildman–Crippen LogP) is 3.05. The molecule has 5 nitrogen and oxygen atoms in total. The topological polar surface area (TPSA) is 67.8 Å². The van der Waals surface area contributed by atoms with Crippen LogP contribution in [0.25, 0.3) is 0 Å². The maximum absolute atomic E-state index is 11.4. The molecule has 0 aliphatic carbocycles. The minimum absolute atomic E-state index is 0.182. The minimum Gasteiger partial charge on any atom is -0.491 e. The van der Waals surface area contributed by atoms with Crippen LogP contribution in [-0.4, -0.2) is 37.4 Å². The van der Waals surface area contributed by atoms with Gasteiger partial charge in [0.1, 0.15) is 18.5 Å². The molecule has 0 fully saturated rings. The Morgan fingerprint density at radius 2 is 1.96 bits per heavy atom. The van der Waals surface area contributed by atoms with Gasteiger partial charge in [-0.25, -0.2) is 4.79 Å². The average Bonchev–Trinajstić information content (AvgIpc) is 2.65. The van der Waals surface area contributed by atoms with E-state index < -0.39 is 6.10 Å². The summed E-state index contributed by atoms with van der Waals surface area (Å²) in [4.78, 5) is 11.4. The average molecular weight is 341 g/mol. The standard InChI is InChI=1S/C20H23NO4/c1-3-6-15-7-4-5-8-19(15)25-14-18(22)13-21-17-11-9-16(10-12-17)20(23)24-2/h3-5,7-12,18,21-22H,1,6,13-14H2,2H3. The van der Waals surface area contributed by atoms with Crippen LogP contribution in [0.4, 0.5) is 5.69 Å². The smallest absolute Gasteiger partial charge is 0.337 e. The van der Waals surface area contributed by atoms with E-state index in [-0.39, 0.29) is 12.6 Å². The van der Waals surface area contributed by atoms with Gasteiger partial charge in [-0.15, -0.1) is 6.58 Å². The summed E-state index contributed by atoms with van der Waals surface area (Å²) in [5, 5.41) is 13.2. The van der Waals surface area contributed by atoms with Gasteiger partial charge in [-0.2, -0.15) is 0 Å². The van der Waals surface area contributed by atoms with Crippen molar-refractivity contribution < 1.29 is 19.4 Å². The molecule has 0 aliphatic rings. The number of hydrogen-bond acceptors (Lipinski definition) is 5. The number of para-hydroxylation sites is 1. The number of aliphatic hydroxyl groups excluding tert-OH is 1. The van der Waals surface area contributed by atoms with Crippen LogP contribution in [0.15, 0.2) is 61.2 Å². The molecule has 2 rings (SSSR count). The van der Waals surface area contributed by atoms with Crippen LogP contribution in [0.3, 0.4) is 0 Å². The normalized spacial score (nSPS) is 11.4. The first-order valence-corrected chi connectivity index (χ1v) is 8.06. The van der Waals surface area contributed by atoms with Crippen molar-refractivity contribution >= 4 is 11.7 Å². The van der Waals surface area contributed by atoms with Gasteiger partial charge < -0.3 is 19.9 Å². The zero-order valence-electron chi connectivity index (χ0n) is 14.3. The van der Waals surface area contributed by atoms with Crippen LogP contribution in [0, 0.1) is 0 Å². The number of ether oxygens (including phenoxy) is 2. The highest BCUT2D eigenvalue weighted by molar-refractivity contribution is 5.89. The fourth-order valence-electron chi connectivity index (χ4n) is 2.29. The first kappa shape index (κ1) is 18.5. The molecule has 1 atom stereocenters. The summed E-state index contributed by atoms with van der Waals surface area (Å²) in [5.41, 5.74) is 2.32. The van der Waals surface area contributed by atoms with Crippen LogP contribution in [0.5, 0.6) is 5.75 Å². The van der Waals surface area contributed by atoms with E-state index in [1.807, 2.05) is 30.3 Å². The summed E-state index contributed by atoms with van der Waals surface area (Å²) in [7, 11) is 1.35. The molecule has 0 aliphatic heterocycles. The zero-order valence-corrected chi connectivity index (χ0v) is 14.3. The van der Waals surface area contributed by atoms with Crippen molar-refractivity contribution in [2.24, 2.45) is 0 Å². The monoisotopic (exact) mass is 341 g/mol. The minimum atomic E-state index is -0.669. The van der Waals surface area contributed by atoms with Gasteiger partial charge in [0.05, 0.1) is 12.7 Å². The lowest BCUT2D eigenvalue weighted by atomic mass is 10.1. The van der Waals surface area contributed by atoms with Gasteiger partial charge in [0.15, 0.2) is 0 Å². The molecule has 5 heteroatoms. The SMILES string of the molecule is C=CCc1ccccc1OCC(O)CNc1ccc(C(=O)OC)cc1. The Labute approximate surface area is 147 Å². The number of aliphatic hydroxyl groups is 1. The van der Waals surface area contributed by atoms with Gasteiger partial charge >= 0.3 is 5.97 Å². The van der Waals surface area contributed by atoms with Crippen molar-refractivity contribution in [1.29, 1.82) is 0 Å². The number of nitrogens with one attached hydrogen (secondary N) is 1. The molecule has 132 valence electrons. The largest absolute Gasteiger partial charge is 0.491 e. The second-order valence-corrected chi connectivity index (χ2v) is 5.52. The van der Waals surface area contributed by atoms with E-state index in [0.717, 1.165) is 23.4 Å². The van der Waals surface area contributed by atoms with Crippen LogP contribution in [-0.2, 0) is 11.2 Å². The summed E-state index contributed by atoms with van der Waals surface area (Å²) >= 11 is 0. The summed E-state index contributed by atoms with van der Waals surface area (Å²) in [6.07, 6.45) is 1.87. The summed E-state index contributed by atoms with van der Waals surface area (Å²) in [5.74, 6) is 0.377. The van der Waals surface area contributed by atoms with Gasteiger partial charge in [-0.3, -0.25) is 0 Å². The van der Waals surface area contributed by atoms with Gasteiger partial charge in [0.25, 0.3) is 0 Å². The molecule has 0 aromatic heterocycles. The molecule has 0 amide bonds. The van der Waals surface area contributed by atoms with E-state index >= 15 is 0 Å². The second kappa shape index (κ2) is 9.49. The summed E-state index contributed by atoms with van der Waals surface area (Å²) in [6, 6.07) is 14.6. The molecule has 2 N–H and O–H groups in total. The van der Waals surface area contributed by atoms with E-state index in [4.69, 9.17) is 4.74 Å². The Balaban J connectivity index is 1.82. The van der Waals surface area contributed by atoms with Crippen molar-refractivity contribution in [2.45, 2.75) is 12.5 Å². The lowest BCUT2D eigenvalue weighted by Gasteiger charge is -2.16. The molecule has 25 heavy (non-hydrogen) atoms. The lowest BCUT2D eigenvalue weighted by Crippen LogP contribution is -2.26. The van der Waals surface area contributed by atoms with Crippen molar-refractivity contribution in [3.63, 3.8) is 0 Å². The molecule has 0 bridgehead atoms. The Hall–Kier alpha value is -2.79. The molecule has 2 aromatic rings. The van der Waals surface area contributed by atoms with Crippen LogP contribution in [0.1, 0.15) is 15.9 Å². The molecule has 2 aromatic carbocycles. The molecule has 0 radical (unpaired) electrons. The van der Waals surface area contributed by atoms with Crippen molar-refractivity contribution in [1.82, 2.24) is 0 Å². The number of methoxy groups -OCH3 is 1. The Morgan fingerprint density at radius 1 is 1.24 bits per heavy atom. The maximum Gasteiger partial charge on any atom is 0.337 e. The highest BCUT2D eigenvalue weighted by Crippen LogP contribution is 2.19. The fourth-order valence-corrected chi connectivity index (χ4v) is 2.29. The third-order valence-electron chi connectivity index (χ3n) is 3.62. The number of anilines is 1. The van der Waals surface area contributed by atoms with Gasteiger partial charge in [-0.1, -0.05) is 24.3 Å². The number of benzene rings is 2. The number of esters is 1. The molecule has 0 spiro atoms. The molecule has 1 unspecified atom stereocenters. The van der Waals surface area contributed by atoms with E-state index in [1.165, 1.54) is 7.11 Å². The Morgan fingerprint density at radius 3 is 2.64 bits per heavy atom. The number of rotatable bonds is 9. The number of allylic oxidation sites excluding steroid dienone is 1. The van der Waals surface area contributed by atoms with Crippen LogP contribution >= 0.6 is 0 Å². The first-order valence-electron chi connectivity index (χ1n) is 8.06. The van der Waals surface area contributed by atoms with Gasteiger partial charge in [0.2, 0.25) is 0 Å². The maximum atomic E-state index is 11.4. The van der Waals surface area contributed by atoms with E-state index in [1.54, 1.807) is 24.3 Å². The number of hydrogen-bond donors (Lipinski definition) is 2. The fraction of sp³-hybridized carbons (Fsp3) is 0.250. The molecular weight excluding hydrogens is 318 g/mol. The number of carbonyl (C=O) groups excluding carboxylic acids is 1.